The highest BCUT2D eigenvalue weighted by atomic mass is 15.2. The van der Waals surface area contributed by atoms with E-state index in [-0.39, 0.29) is 10.8 Å². The molecule has 0 fully saturated rings. The van der Waals surface area contributed by atoms with E-state index in [9.17, 15) is 0 Å². The van der Waals surface area contributed by atoms with Gasteiger partial charge < -0.3 is 4.57 Å². The zero-order chi connectivity index (χ0) is 44.0. The summed E-state index contributed by atoms with van der Waals surface area (Å²) >= 11 is 0. The van der Waals surface area contributed by atoms with Gasteiger partial charge in [-0.1, -0.05) is 198 Å². The van der Waals surface area contributed by atoms with Crippen molar-refractivity contribution in [2.75, 3.05) is 0 Å². The van der Waals surface area contributed by atoms with E-state index >= 15 is 0 Å². The van der Waals surface area contributed by atoms with Crippen LogP contribution in [-0.4, -0.2) is 24.1 Å². The number of nitrogens with zero attached hydrogens (tertiary/aromatic N) is 5. The van der Waals surface area contributed by atoms with E-state index < -0.39 is 0 Å². The van der Waals surface area contributed by atoms with Gasteiger partial charge >= 0.3 is 0 Å². The van der Waals surface area contributed by atoms with Gasteiger partial charge in [0.2, 0.25) is 5.95 Å². The SMILES string of the molecule is CC1CC(C)(C)c2cc(-c3ccc(-c4ccc(-n5c6ccccc6c6ccc7c8ccccc8n(-c8nc(-c9ccccc9)nc(-c9ccccc9)n8)c7c65)cc4)cc3)ccc2C1(C)C. The molecule has 5 nitrogen and oxygen atoms in total. The molecule has 65 heavy (non-hydrogen) atoms. The molecule has 0 radical (unpaired) electrons. The van der Waals surface area contributed by atoms with Crippen molar-refractivity contribution in [1.82, 2.24) is 24.1 Å². The third-order valence-electron chi connectivity index (χ3n) is 14.5. The first kappa shape index (κ1) is 39.0. The molecule has 12 rings (SSSR count). The Bertz CT molecular complexity index is 3560. The number of para-hydroxylation sites is 2. The second kappa shape index (κ2) is 14.7. The number of benzene rings is 8. The summed E-state index contributed by atoms with van der Waals surface area (Å²) in [5.41, 5.74) is 15.5. The predicted octanol–water partition coefficient (Wildman–Crippen LogP) is 15.3. The Labute approximate surface area is 379 Å². The van der Waals surface area contributed by atoms with Crippen LogP contribution in [0.15, 0.2) is 188 Å². The minimum Gasteiger partial charge on any atom is -0.307 e. The van der Waals surface area contributed by atoms with Gasteiger partial charge in [-0.3, -0.25) is 4.57 Å². The van der Waals surface area contributed by atoms with E-state index in [4.69, 9.17) is 15.0 Å². The zero-order valence-electron chi connectivity index (χ0n) is 37.4. The van der Waals surface area contributed by atoms with E-state index in [2.05, 4.69) is 195 Å². The van der Waals surface area contributed by atoms with Crippen molar-refractivity contribution < 1.29 is 0 Å². The standard InChI is InChI=1S/C60H49N5/c1-38-37-59(2,3)51-36-44(30-35-50(51)60(38,4)5)41-26-24-39(25-27-41)40-28-31-45(32-29-40)64-52-22-14-12-20-46(52)48-33-34-49-47-21-13-15-23-53(47)65(55(49)54(48)64)58-62-56(42-16-8-6-9-17-42)61-57(63-58)43-18-10-7-11-19-43/h6-36,38H,37H2,1-5H3. The predicted molar refractivity (Wildman–Crippen MR) is 270 cm³/mol. The number of rotatable bonds is 6. The summed E-state index contributed by atoms with van der Waals surface area (Å²) in [4.78, 5) is 15.6. The van der Waals surface area contributed by atoms with Crippen LogP contribution in [0.25, 0.3) is 100 Å². The summed E-state index contributed by atoms with van der Waals surface area (Å²) in [6.07, 6.45) is 1.19. The topological polar surface area (TPSA) is 48.5 Å². The van der Waals surface area contributed by atoms with Crippen molar-refractivity contribution >= 4 is 43.6 Å². The molecule has 11 aromatic rings. The van der Waals surface area contributed by atoms with Gasteiger partial charge in [-0.05, 0) is 80.8 Å². The first-order valence-corrected chi connectivity index (χ1v) is 22.8. The average Bonchev–Trinajstić information content (AvgIpc) is 3.87. The summed E-state index contributed by atoms with van der Waals surface area (Å²) in [7, 11) is 0. The summed E-state index contributed by atoms with van der Waals surface area (Å²) in [5, 5.41) is 4.63. The van der Waals surface area contributed by atoms with Gasteiger partial charge in [-0.15, -0.1) is 0 Å². The Morgan fingerprint density at radius 2 is 0.877 bits per heavy atom. The lowest BCUT2D eigenvalue weighted by Crippen LogP contribution is -2.40. The van der Waals surface area contributed by atoms with Crippen LogP contribution in [0.4, 0.5) is 0 Å². The molecule has 5 heteroatoms. The van der Waals surface area contributed by atoms with Gasteiger partial charge in [0, 0.05) is 38.4 Å². The molecule has 314 valence electrons. The molecule has 1 unspecified atom stereocenters. The van der Waals surface area contributed by atoms with Crippen molar-refractivity contribution in [1.29, 1.82) is 0 Å². The molecule has 0 spiro atoms. The number of fused-ring (bicyclic) bond motifs is 8. The van der Waals surface area contributed by atoms with E-state index in [1.165, 1.54) is 50.6 Å². The molecule has 0 bridgehead atoms. The van der Waals surface area contributed by atoms with Crippen LogP contribution in [0.1, 0.15) is 52.2 Å². The maximum Gasteiger partial charge on any atom is 0.238 e. The van der Waals surface area contributed by atoms with Gasteiger partial charge in [-0.25, -0.2) is 4.98 Å². The minimum absolute atomic E-state index is 0.144. The Morgan fingerprint density at radius 1 is 0.415 bits per heavy atom. The van der Waals surface area contributed by atoms with E-state index in [0.29, 0.717) is 23.5 Å². The van der Waals surface area contributed by atoms with Crippen molar-refractivity contribution in [2.24, 2.45) is 5.92 Å². The fraction of sp³-hybridized carbons (Fsp3) is 0.150. The van der Waals surface area contributed by atoms with Gasteiger partial charge in [0.15, 0.2) is 11.6 Å². The fourth-order valence-corrected chi connectivity index (χ4v) is 10.8. The van der Waals surface area contributed by atoms with Gasteiger partial charge in [0.25, 0.3) is 0 Å². The molecule has 0 amide bonds. The molecule has 3 aromatic heterocycles. The first-order valence-electron chi connectivity index (χ1n) is 22.8. The minimum atomic E-state index is 0.144. The smallest absolute Gasteiger partial charge is 0.238 e. The molecule has 0 aliphatic heterocycles. The van der Waals surface area contributed by atoms with Crippen molar-refractivity contribution in [3.05, 3.63) is 199 Å². The van der Waals surface area contributed by atoms with E-state index in [1.807, 2.05) is 36.4 Å². The van der Waals surface area contributed by atoms with Gasteiger partial charge in [0.1, 0.15) is 0 Å². The normalized spacial score (nSPS) is 15.5. The molecule has 1 aliphatic carbocycles. The van der Waals surface area contributed by atoms with E-state index in [1.54, 1.807) is 0 Å². The Morgan fingerprint density at radius 3 is 1.45 bits per heavy atom. The van der Waals surface area contributed by atoms with Crippen molar-refractivity contribution in [3.63, 3.8) is 0 Å². The highest BCUT2D eigenvalue weighted by molar-refractivity contribution is 6.23. The van der Waals surface area contributed by atoms with Crippen LogP contribution in [-0.2, 0) is 10.8 Å². The molecular formula is C60H49N5. The quantitative estimate of drug-likeness (QED) is 0.168. The largest absolute Gasteiger partial charge is 0.307 e. The highest BCUT2D eigenvalue weighted by Gasteiger charge is 2.42. The lowest BCUT2D eigenvalue weighted by molar-refractivity contribution is 0.233. The molecule has 0 saturated carbocycles. The lowest BCUT2D eigenvalue weighted by Gasteiger charge is -2.46. The van der Waals surface area contributed by atoms with Gasteiger partial charge in [0.05, 0.1) is 22.1 Å². The summed E-state index contributed by atoms with van der Waals surface area (Å²) < 4.78 is 4.68. The number of hydrogen-bond acceptors (Lipinski definition) is 3. The molecule has 1 atom stereocenters. The molecule has 8 aromatic carbocycles. The second-order valence-electron chi connectivity index (χ2n) is 19.2. The van der Waals surface area contributed by atoms with E-state index in [0.717, 1.165) is 49.7 Å². The van der Waals surface area contributed by atoms with Crippen LogP contribution in [0.3, 0.4) is 0 Å². The van der Waals surface area contributed by atoms with Crippen LogP contribution in [0.2, 0.25) is 0 Å². The second-order valence-corrected chi connectivity index (χ2v) is 19.2. The van der Waals surface area contributed by atoms with Crippen molar-refractivity contribution in [3.8, 4) is 56.7 Å². The molecule has 0 saturated heterocycles. The Hall–Kier alpha value is -7.63. The van der Waals surface area contributed by atoms with Crippen LogP contribution < -0.4 is 0 Å². The zero-order valence-corrected chi connectivity index (χ0v) is 37.4. The maximum absolute atomic E-state index is 5.27. The van der Waals surface area contributed by atoms with Crippen LogP contribution >= 0.6 is 0 Å². The monoisotopic (exact) mass is 839 g/mol. The fourth-order valence-electron chi connectivity index (χ4n) is 10.8. The first-order chi connectivity index (χ1) is 31.6. The van der Waals surface area contributed by atoms with Crippen LogP contribution in [0.5, 0.6) is 0 Å². The Kier molecular flexibility index (Phi) is 8.83. The summed E-state index contributed by atoms with van der Waals surface area (Å²) in [6, 6.07) is 67.6. The number of hydrogen-bond donors (Lipinski definition) is 0. The van der Waals surface area contributed by atoms with Gasteiger partial charge in [-0.2, -0.15) is 9.97 Å². The maximum atomic E-state index is 5.27. The Balaban J connectivity index is 1.01. The molecule has 0 N–H and O–H groups in total. The lowest BCUT2D eigenvalue weighted by atomic mass is 9.58. The molecule has 1 aliphatic rings. The van der Waals surface area contributed by atoms with Crippen molar-refractivity contribution in [2.45, 2.75) is 51.9 Å². The molecule has 3 heterocycles. The third-order valence-corrected chi connectivity index (χ3v) is 14.5. The molecular weight excluding hydrogens is 791 g/mol. The third kappa shape index (κ3) is 6.24. The summed E-state index contributed by atoms with van der Waals surface area (Å²) in [5.74, 6) is 2.46. The van der Waals surface area contributed by atoms with Crippen LogP contribution in [0, 0.1) is 5.92 Å². The summed E-state index contributed by atoms with van der Waals surface area (Å²) in [6.45, 7) is 12.1. The highest BCUT2D eigenvalue weighted by Crippen LogP contribution is 2.50. The number of aromatic nitrogens is 5. The average molecular weight is 840 g/mol.